The van der Waals surface area contributed by atoms with Gasteiger partial charge in [0.05, 0.1) is 0 Å². The first-order valence-electron chi connectivity index (χ1n) is 9.02. The number of benzene rings is 2. The lowest BCUT2D eigenvalue weighted by Crippen LogP contribution is -2.46. The minimum Gasteiger partial charge on any atom is -0.473 e. The van der Waals surface area contributed by atoms with Gasteiger partial charge in [0.15, 0.2) is 0 Å². The van der Waals surface area contributed by atoms with Crippen molar-refractivity contribution in [2.75, 3.05) is 37.3 Å². The minimum atomic E-state index is -1.82. The molecule has 0 bridgehead atoms. The number of hydrogen-bond donors (Lipinski definition) is 2. The van der Waals surface area contributed by atoms with Gasteiger partial charge in [-0.15, -0.1) is 11.8 Å². The van der Waals surface area contributed by atoms with Crippen molar-refractivity contribution >= 4 is 29.4 Å². The molecule has 7 heteroatoms. The lowest BCUT2D eigenvalue weighted by Gasteiger charge is -2.36. The van der Waals surface area contributed by atoms with Crippen LogP contribution in [-0.4, -0.2) is 59.5 Å². The Bertz CT molecular complexity index is 775. The summed E-state index contributed by atoms with van der Waals surface area (Å²) in [7, 11) is 0. The Morgan fingerprint density at radius 2 is 1.50 bits per heavy atom. The summed E-state index contributed by atoms with van der Waals surface area (Å²) in [5, 5.41) is 14.8. The highest BCUT2D eigenvalue weighted by Gasteiger charge is 2.18. The number of piperazine rings is 1. The highest BCUT2D eigenvalue weighted by atomic mass is 32.2. The summed E-state index contributed by atoms with van der Waals surface area (Å²) in [6, 6.07) is 17.7. The maximum absolute atomic E-state index is 9.10. The SMILES string of the molecule is CSc1ccc(CN2CCN(c3ccccc3C)CC2)cc1.O=C(O)C(=O)O. The molecular weight excluding hydrogens is 376 g/mol. The van der Waals surface area contributed by atoms with Crippen LogP contribution in [0.3, 0.4) is 0 Å². The highest BCUT2D eigenvalue weighted by molar-refractivity contribution is 7.98. The Hall–Kier alpha value is -2.51. The predicted octanol–water partition coefficient (Wildman–Crippen LogP) is 3.19. The molecule has 0 aliphatic carbocycles. The second kappa shape index (κ2) is 10.7. The Labute approximate surface area is 169 Å². The summed E-state index contributed by atoms with van der Waals surface area (Å²) in [4.78, 5) is 24.6. The van der Waals surface area contributed by atoms with E-state index in [0.717, 1.165) is 32.7 Å². The van der Waals surface area contributed by atoms with Crippen LogP contribution in [0.1, 0.15) is 11.1 Å². The van der Waals surface area contributed by atoms with Gasteiger partial charge in [-0.2, -0.15) is 0 Å². The number of carbonyl (C=O) groups is 2. The topological polar surface area (TPSA) is 81.1 Å². The molecule has 2 aromatic carbocycles. The number of aliphatic carboxylic acids is 2. The van der Waals surface area contributed by atoms with Gasteiger partial charge in [-0.25, -0.2) is 9.59 Å². The van der Waals surface area contributed by atoms with Crippen LogP contribution in [-0.2, 0) is 16.1 Å². The lowest BCUT2D eigenvalue weighted by atomic mass is 10.1. The second-order valence-electron chi connectivity index (χ2n) is 6.51. The average molecular weight is 403 g/mol. The van der Waals surface area contributed by atoms with Gasteiger partial charge in [0.1, 0.15) is 0 Å². The third-order valence-corrected chi connectivity index (χ3v) is 5.32. The quantitative estimate of drug-likeness (QED) is 0.600. The zero-order valence-electron chi connectivity index (χ0n) is 16.2. The Kier molecular flexibility index (Phi) is 8.35. The molecule has 1 heterocycles. The van der Waals surface area contributed by atoms with Crippen molar-refractivity contribution in [2.24, 2.45) is 0 Å². The van der Waals surface area contributed by atoms with Crippen LogP contribution in [0.2, 0.25) is 0 Å². The van der Waals surface area contributed by atoms with E-state index in [9.17, 15) is 0 Å². The summed E-state index contributed by atoms with van der Waals surface area (Å²) in [5.74, 6) is -3.65. The van der Waals surface area contributed by atoms with E-state index in [1.165, 1.54) is 21.7 Å². The predicted molar refractivity (Wildman–Crippen MR) is 112 cm³/mol. The number of thioether (sulfide) groups is 1. The fourth-order valence-corrected chi connectivity index (χ4v) is 3.46. The number of para-hydroxylation sites is 1. The van der Waals surface area contributed by atoms with Gasteiger partial charge < -0.3 is 15.1 Å². The molecule has 0 saturated carbocycles. The lowest BCUT2D eigenvalue weighted by molar-refractivity contribution is -0.159. The van der Waals surface area contributed by atoms with Gasteiger partial charge in [-0.05, 0) is 42.5 Å². The molecule has 0 spiro atoms. The summed E-state index contributed by atoms with van der Waals surface area (Å²) < 4.78 is 0. The van der Waals surface area contributed by atoms with E-state index in [1.54, 1.807) is 11.8 Å². The largest absolute Gasteiger partial charge is 0.473 e. The molecule has 6 nitrogen and oxygen atoms in total. The Morgan fingerprint density at radius 3 is 2.00 bits per heavy atom. The molecule has 0 amide bonds. The van der Waals surface area contributed by atoms with Crippen LogP contribution < -0.4 is 4.90 Å². The third kappa shape index (κ3) is 6.58. The molecule has 0 radical (unpaired) electrons. The zero-order valence-corrected chi connectivity index (χ0v) is 17.0. The molecule has 28 heavy (non-hydrogen) atoms. The molecule has 2 N–H and O–H groups in total. The third-order valence-electron chi connectivity index (χ3n) is 4.58. The average Bonchev–Trinajstić information content (AvgIpc) is 2.70. The summed E-state index contributed by atoms with van der Waals surface area (Å²) >= 11 is 1.80. The molecule has 3 rings (SSSR count). The number of carboxylic acid groups (broad SMARTS) is 2. The van der Waals surface area contributed by atoms with Crippen LogP contribution in [0.15, 0.2) is 53.4 Å². The number of anilines is 1. The maximum atomic E-state index is 9.10. The summed E-state index contributed by atoms with van der Waals surface area (Å²) in [6.07, 6.45) is 2.12. The van der Waals surface area contributed by atoms with Crippen LogP contribution in [0.4, 0.5) is 5.69 Å². The van der Waals surface area contributed by atoms with Gasteiger partial charge in [0.2, 0.25) is 0 Å². The normalized spacial score (nSPS) is 14.1. The van der Waals surface area contributed by atoms with Crippen molar-refractivity contribution in [1.29, 1.82) is 0 Å². The van der Waals surface area contributed by atoms with Crippen molar-refractivity contribution < 1.29 is 19.8 Å². The van der Waals surface area contributed by atoms with E-state index in [-0.39, 0.29) is 0 Å². The van der Waals surface area contributed by atoms with E-state index in [4.69, 9.17) is 19.8 Å². The molecule has 1 aliphatic heterocycles. The van der Waals surface area contributed by atoms with E-state index in [2.05, 4.69) is 71.5 Å². The van der Waals surface area contributed by atoms with E-state index >= 15 is 0 Å². The van der Waals surface area contributed by atoms with E-state index < -0.39 is 11.9 Å². The molecule has 1 saturated heterocycles. The first-order valence-corrected chi connectivity index (χ1v) is 10.2. The number of carboxylic acids is 2. The van der Waals surface area contributed by atoms with Crippen molar-refractivity contribution in [3.63, 3.8) is 0 Å². The Morgan fingerprint density at radius 1 is 0.929 bits per heavy atom. The van der Waals surface area contributed by atoms with Gasteiger partial charge in [0, 0.05) is 43.3 Å². The Balaban J connectivity index is 0.000000409. The van der Waals surface area contributed by atoms with Crippen LogP contribution in [0.25, 0.3) is 0 Å². The highest BCUT2D eigenvalue weighted by Crippen LogP contribution is 2.22. The summed E-state index contributed by atoms with van der Waals surface area (Å²) in [5.41, 5.74) is 4.19. The molecule has 1 fully saturated rings. The van der Waals surface area contributed by atoms with Crippen molar-refractivity contribution in [2.45, 2.75) is 18.4 Å². The van der Waals surface area contributed by atoms with Crippen LogP contribution in [0, 0.1) is 6.92 Å². The zero-order chi connectivity index (χ0) is 20.5. The standard InChI is InChI=1S/C19H24N2S.C2H2O4/c1-16-5-3-4-6-19(16)21-13-11-20(12-14-21)15-17-7-9-18(22-2)10-8-17;3-1(4)2(5)6/h3-10H,11-15H2,1-2H3;(H,3,4)(H,5,6). The van der Waals surface area contributed by atoms with Crippen molar-refractivity contribution in [1.82, 2.24) is 4.90 Å². The van der Waals surface area contributed by atoms with Gasteiger partial charge in [0.25, 0.3) is 0 Å². The number of nitrogens with zero attached hydrogens (tertiary/aromatic N) is 2. The molecule has 2 aromatic rings. The molecule has 0 unspecified atom stereocenters. The van der Waals surface area contributed by atoms with Gasteiger partial charge in [-0.3, -0.25) is 4.90 Å². The van der Waals surface area contributed by atoms with E-state index in [0.29, 0.717) is 0 Å². The molecule has 0 atom stereocenters. The second-order valence-corrected chi connectivity index (χ2v) is 7.39. The minimum absolute atomic E-state index is 1.07. The number of rotatable bonds is 4. The molecule has 150 valence electrons. The van der Waals surface area contributed by atoms with Crippen molar-refractivity contribution in [3.8, 4) is 0 Å². The van der Waals surface area contributed by atoms with Crippen molar-refractivity contribution in [3.05, 3.63) is 59.7 Å². The molecular formula is C21H26N2O4S. The van der Waals surface area contributed by atoms with Gasteiger partial charge >= 0.3 is 11.9 Å². The number of aryl methyl sites for hydroxylation is 1. The fourth-order valence-electron chi connectivity index (χ4n) is 3.05. The first kappa shape index (κ1) is 21.8. The smallest absolute Gasteiger partial charge is 0.414 e. The summed E-state index contributed by atoms with van der Waals surface area (Å²) in [6.45, 7) is 7.78. The molecule has 0 aromatic heterocycles. The van der Waals surface area contributed by atoms with Gasteiger partial charge in [-0.1, -0.05) is 30.3 Å². The monoisotopic (exact) mass is 402 g/mol. The first-order chi connectivity index (χ1) is 13.4. The van der Waals surface area contributed by atoms with Crippen LogP contribution in [0.5, 0.6) is 0 Å². The fraction of sp³-hybridized carbons (Fsp3) is 0.333. The van der Waals surface area contributed by atoms with E-state index in [1.807, 2.05) is 0 Å². The maximum Gasteiger partial charge on any atom is 0.414 e. The molecule has 1 aliphatic rings. The number of hydrogen-bond acceptors (Lipinski definition) is 5. The van der Waals surface area contributed by atoms with Crippen LogP contribution >= 0.6 is 11.8 Å².